The molecule has 0 aromatic heterocycles. The van der Waals surface area contributed by atoms with E-state index in [0.29, 0.717) is 17.5 Å². The summed E-state index contributed by atoms with van der Waals surface area (Å²) < 4.78 is 11.5. The predicted molar refractivity (Wildman–Crippen MR) is 116 cm³/mol. The molecule has 0 spiro atoms. The van der Waals surface area contributed by atoms with Gasteiger partial charge < -0.3 is 19.7 Å². The third kappa shape index (κ3) is 5.60. The topological polar surface area (TPSA) is 50.8 Å². The number of nitrogens with zero attached hydrogens (tertiary/aromatic N) is 1. The first-order chi connectivity index (χ1) is 13.2. The van der Waals surface area contributed by atoms with Gasteiger partial charge in [0.1, 0.15) is 22.4 Å². The molecule has 1 fully saturated rings. The van der Waals surface area contributed by atoms with Crippen LogP contribution in [0.3, 0.4) is 0 Å². The second-order valence-corrected chi connectivity index (χ2v) is 9.38. The van der Waals surface area contributed by atoms with Crippen LogP contribution in [0.15, 0.2) is 18.2 Å². The summed E-state index contributed by atoms with van der Waals surface area (Å²) in [4.78, 5) is 15.4. The molecule has 6 heteroatoms. The molecule has 1 aromatic rings. The Hall–Kier alpha value is -1.82. The van der Waals surface area contributed by atoms with Crippen molar-refractivity contribution in [3.05, 3.63) is 23.8 Å². The van der Waals surface area contributed by atoms with Crippen LogP contribution in [0.4, 0.5) is 10.5 Å². The lowest BCUT2D eigenvalue weighted by Crippen LogP contribution is -2.39. The fraction of sp³-hybridized carbons (Fsp3) is 0.636. The summed E-state index contributed by atoms with van der Waals surface area (Å²) in [5.41, 5.74) is 1.39. The van der Waals surface area contributed by atoms with E-state index in [-0.39, 0.29) is 12.2 Å². The highest BCUT2D eigenvalue weighted by atomic mass is 32.1. The number of hydrogen-bond acceptors (Lipinski definition) is 4. The predicted octanol–water partition coefficient (Wildman–Crippen LogP) is 5.52. The average Bonchev–Trinajstić information content (AvgIpc) is 2.62. The van der Waals surface area contributed by atoms with Gasteiger partial charge in [-0.3, -0.25) is 0 Å². The van der Waals surface area contributed by atoms with Gasteiger partial charge in [0.25, 0.3) is 0 Å². The molecule has 1 aliphatic heterocycles. The smallest absolute Gasteiger partial charge is 0.410 e. The molecule has 1 atom stereocenters. The molecular formula is C22H32N2O3S. The normalized spacial score (nSPS) is 20.0. The van der Waals surface area contributed by atoms with Gasteiger partial charge in [-0.15, -0.1) is 0 Å². The molecule has 1 heterocycles. The number of ether oxygens (including phenoxy) is 2. The molecule has 1 saturated carbocycles. The lowest BCUT2D eigenvalue weighted by Gasteiger charge is -2.32. The van der Waals surface area contributed by atoms with Crippen molar-refractivity contribution in [2.45, 2.75) is 78.0 Å². The van der Waals surface area contributed by atoms with Crippen LogP contribution in [-0.2, 0) is 11.3 Å². The molecule has 5 nitrogen and oxygen atoms in total. The number of amides is 1. The minimum absolute atomic E-state index is 0.127. The molecular weight excluding hydrogens is 372 g/mol. The van der Waals surface area contributed by atoms with Gasteiger partial charge in [-0.05, 0) is 64.2 Å². The summed E-state index contributed by atoms with van der Waals surface area (Å²) in [5.74, 6) is 1.34. The minimum Gasteiger partial charge on any atom is -0.481 e. The van der Waals surface area contributed by atoms with E-state index in [1.54, 1.807) is 0 Å². The first kappa shape index (κ1) is 20.9. The Balaban J connectivity index is 1.75. The monoisotopic (exact) mass is 404 g/mol. The van der Waals surface area contributed by atoms with Crippen LogP contribution < -0.4 is 10.1 Å². The first-order valence-electron chi connectivity index (χ1n) is 10.3. The van der Waals surface area contributed by atoms with Crippen LogP contribution >= 0.6 is 12.2 Å². The van der Waals surface area contributed by atoms with Crippen molar-refractivity contribution >= 4 is 29.0 Å². The molecule has 0 bridgehead atoms. The molecule has 1 amide bonds. The third-order valence-corrected chi connectivity index (χ3v) is 5.64. The average molecular weight is 405 g/mol. The number of anilines is 1. The number of rotatable bonds is 4. The zero-order chi connectivity index (χ0) is 20.3. The van der Waals surface area contributed by atoms with Gasteiger partial charge in [0.15, 0.2) is 0 Å². The number of nitrogens with one attached hydrogen (secondary N) is 1. The Morgan fingerprint density at radius 1 is 1.29 bits per heavy atom. The van der Waals surface area contributed by atoms with Gasteiger partial charge in [0.05, 0.1) is 5.69 Å². The quantitative estimate of drug-likeness (QED) is 0.669. The van der Waals surface area contributed by atoms with Gasteiger partial charge in [-0.1, -0.05) is 37.5 Å². The van der Waals surface area contributed by atoms with Crippen molar-refractivity contribution in [1.82, 2.24) is 4.90 Å². The highest BCUT2D eigenvalue weighted by molar-refractivity contribution is 7.80. The molecule has 28 heavy (non-hydrogen) atoms. The van der Waals surface area contributed by atoms with Crippen molar-refractivity contribution in [2.24, 2.45) is 5.92 Å². The van der Waals surface area contributed by atoms with E-state index in [1.165, 1.54) is 32.1 Å². The number of carbonyl (C=O) groups excluding carboxylic acids is 1. The summed E-state index contributed by atoms with van der Waals surface area (Å²) in [6.45, 7) is 8.92. The number of benzene rings is 1. The van der Waals surface area contributed by atoms with Gasteiger partial charge in [0.2, 0.25) is 0 Å². The molecule has 154 valence electrons. The Morgan fingerprint density at radius 2 is 2.00 bits per heavy atom. The third-order valence-electron chi connectivity index (χ3n) is 5.20. The minimum atomic E-state index is -0.504. The zero-order valence-electron chi connectivity index (χ0n) is 17.4. The summed E-state index contributed by atoms with van der Waals surface area (Å²) in [6.07, 6.45) is 5.81. The summed E-state index contributed by atoms with van der Waals surface area (Å²) in [6, 6.07) is 5.98. The molecule has 1 N–H and O–H groups in total. The second-order valence-electron chi connectivity index (χ2n) is 8.94. The van der Waals surface area contributed by atoms with Crippen molar-refractivity contribution in [3.8, 4) is 5.75 Å². The maximum absolute atomic E-state index is 12.9. The van der Waals surface area contributed by atoms with Crippen LogP contribution in [-0.4, -0.2) is 34.2 Å². The second kappa shape index (κ2) is 8.68. The summed E-state index contributed by atoms with van der Waals surface area (Å²) >= 11 is 5.32. The Kier molecular flexibility index (Phi) is 6.48. The maximum Gasteiger partial charge on any atom is 0.410 e. The van der Waals surface area contributed by atoms with E-state index < -0.39 is 5.60 Å². The highest BCUT2D eigenvalue weighted by Crippen LogP contribution is 2.32. The molecule has 2 aliphatic rings. The van der Waals surface area contributed by atoms with Crippen LogP contribution in [0.25, 0.3) is 0 Å². The molecule has 1 aliphatic carbocycles. The van der Waals surface area contributed by atoms with Gasteiger partial charge >= 0.3 is 6.09 Å². The lowest BCUT2D eigenvalue weighted by molar-refractivity contribution is 0.0190. The Labute approximate surface area is 173 Å². The van der Waals surface area contributed by atoms with E-state index in [9.17, 15) is 4.79 Å². The van der Waals surface area contributed by atoms with Gasteiger partial charge in [0, 0.05) is 13.1 Å². The van der Waals surface area contributed by atoms with Crippen LogP contribution in [0.5, 0.6) is 5.75 Å². The van der Waals surface area contributed by atoms with Gasteiger partial charge in [-0.2, -0.15) is 0 Å². The summed E-state index contributed by atoms with van der Waals surface area (Å²) in [7, 11) is 0. The molecule has 1 unspecified atom stereocenters. The van der Waals surface area contributed by atoms with Crippen molar-refractivity contribution in [3.63, 3.8) is 0 Å². The maximum atomic E-state index is 12.9. The zero-order valence-corrected chi connectivity index (χ0v) is 18.2. The largest absolute Gasteiger partial charge is 0.481 e. The molecule has 0 radical (unpaired) electrons. The molecule has 1 aromatic carbocycles. The Bertz CT molecular complexity index is 723. The van der Waals surface area contributed by atoms with E-state index in [2.05, 4.69) is 5.32 Å². The SMILES string of the molecule is CC1Oc2ccc(CN(CC3CCCCC3)C(=O)OC(C)(C)C)cc2NC1=S. The lowest BCUT2D eigenvalue weighted by atomic mass is 9.89. The van der Waals surface area contributed by atoms with Crippen LogP contribution in [0.2, 0.25) is 0 Å². The van der Waals surface area contributed by atoms with Crippen molar-refractivity contribution in [2.75, 3.05) is 11.9 Å². The van der Waals surface area contributed by atoms with Crippen LogP contribution in [0, 0.1) is 5.92 Å². The number of carbonyl (C=O) groups is 1. The van der Waals surface area contributed by atoms with E-state index >= 15 is 0 Å². The van der Waals surface area contributed by atoms with Crippen LogP contribution in [0.1, 0.15) is 65.4 Å². The number of fused-ring (bicyclic) bond motifs is 1. The van der Waals surface area contributed by atoms with Crippen molar-refractivity contribution < 1.29 is 14.3 Å². The highest BCUT2D eigenvalue weighted by Gasteiger charge is 2.27. The van der Waals surface area contributed by atoms with E-state index in [0.717, 1.165) is 23.5 Å². The Morgan fingerprint density at radius 3 is 2.68 bits per heavy atom. The number of thiocarbonyl (C=S) groups is 1. The standard InChI is InChI=1S/C22H32N2O3S/c1-15-20(28)23-18-12-17(10-11-19(18)26-15)14-24(21(25)27-22(2,3)4)13-16-8-6-5-7-9-16/h10-12,15-16H,5-9,13-14H2,1-4H3,(H,23,28). The van der Waals surface area contributed by atoms with E-state index in [1.807, 2.05) is 50.8 Å². The number of hydrogen-bond donors (Lipinski definition) is 1. The van der Waals surface area contributed by atoms with Gasteiger partial charge in [-0.25, -0.2) is 4.79 Å². The molecule has 3 rings (SSSR count). The summed E-state index contributed by atoms with van der Waals surface area (Å²) in [5, 5.41) is 3.24. The molecule has 0 saturated heterocycles. The fourth-order valence-electron chi connectivity index (χ4n) is 3.79. The fourth-order valence-corrected chi connectivity index (χ4v) is 3.94. The van der Waals surface area contributed by atoms with Crippen molar-refractivity contribution in [1.29, 1.82) is 0 Å². The van der Waals surface area contributed by atoms with E-state index in [4.69, 9.17) is 21.7 Å². The first-order valence-corrected chi connectivity index (χ1v) is 10.7.